The molecule has 1 fully saturated rings. The molecular weight excluding hydrogens is 376 g/mol. The van der Waals surface area contributed by atoms with E-state index in [1.165, 1.54) is 12.8 Å². The van der Waals surface area contributed by atoms with Gasteiger partial charge in [-0.25, -0.2) is 0 Å². The number of aromatic nitrogens is 4. The van der Waals surface area contributed by atoms with Crippen molar-refractivity contribution >= 4 is 35.5 Å². The van der Waals surface area contributed by atoms with Crippen molar-refractivity contribution in [3.05, 3.63) is 52.9 Å². The number of nitrogens with zero attached hydrogens (tertiary/aromatic N) is 3. The van der Waals surface area contributed by atoms with E-state index in [1.807, 2.05) is 42.1 Å². The molecule has 0 amide bonds. The van der Waals surface area contributed by atoms with E-state index in [0.717, 1.165) is 35.5 Å². The molecule has 1 aromatic carbocycles. The summed E-state index contributed by atoms with van der Waals surface area (Å²) in [5, 5.41) is 18.3. The SMILES string of the molecule is CN/C=C\c1c(C=O)c(Nc2ccc(-c3ccn[nH]3)c(Cl)c2)nn1CC1CC1. The van der Waals surface area contributed by atoms with Crippen LogP contribution in [0.25, 0.3) is 17.3 Å². The normalized spacial score (nSPS) is 13.8. The number of hydrogen-bond acceptors (Lipinski definition) is 5. The van der Waals surface area contributed by atoms with Crippen LogP contribution in [0.3, 0.4) is 0 Å². The quantitative estimate of drug-likeness (QED) is 0.499. The lowest BCUT2D eigenvalue weighted by atomic mass is 10.1. The van der Waals surface area contributed by atoms with E-state index in [0.29, 0.717) is 22.3 Å². The fourth-order valence-corrected chi connectivity index (χ4v) is 3.36. The van der Waals surface area contributed by atoms with Crippen molar-refractivity contribution in [2.24, 2.45) is 5.92 Å². The molecule has 0 bridgehead atoms. The number of H-pyrrole nitrogens is 1. The zero-order valence-electron chi connectivity index (χ0n) is 15.4. The van der Waals surface area contributed by atoms with E-state index < -0.39 is 0 Å². The first kappa shape index (κ1) is 18.3. The summed E-state index contributed by atoms with van der Waals surface area (Å²) < 4.78 is 1.90. The average molecular weight is 397 g/mol. The maximum absolute atomic E-state index is 11.8. The Labute approximate surface area is 167 Å². The minimum absolute atomic E-state index is 0.525. The van der Waals surface area contributed by atoms with Gasteiger partial charge >= 0.3 is 0 Å². The first-order valence-electron chi connectivity index (χ1n) is 9.15. The van der Waals surface area contributed by atoms with Crippen LogP contribution in [-0.4, -0.2) is 33.3 Å². The van der Waals surface area contributed by atoms with Crippen LogP contribution in [0.15, 0.2) is 36.7 Å². The lowest BCUT2D eigenvalue weighted by Gasteiger charge is -2.07. The van der Waals surface area contributed by atoms with Gasteiger partial charge in [-0.1, -0.05) is 11.6 Å². The van der Waals surface area contributed by atoms with Crippen LogP contribution in [-0.2, 0) is 6.54 Å². The Bertz CT molecular complexity index is 1000. The Balaban J connectivity index is 1.65. The van der Waals surface area contributed by atoms with Crippen LogP contribution in [0.1, 0.15) is 28.9 Å². The summed E-state index contributed by atoms with van der Waals surface area (Å²) in [4.78, 5) is 11.8. The molecule has 0 spiro atoms. The van der Waals surface area contributed by atoms with Crippen molar-refractivity contribution in [2.45, 2.75) is 19.4 Å². The van der Waals surface area contributed by atoms with Gasteiger partial charge in [0.2, 0.25) is 0 Å². The highest BCUT2D eigenvalue weighted by molar-refractivity contribution is 6.33. The van der Waals surface area contributed by atoms with Gasteiger partial charge in [0.05, 0.1) is 22.0 Å². The first-order chi connectivity index (χ1) is 13.7. The highest BCUT2D eigenvalue weighted by Crippen LogP contribution is 2.34. The number of aromatic amines is 1. The van der Waals surface area contributed by atoms with Gasteiger partial charge in [-0.2, -0.15) is 10.2 Å². The van der Waals surface area contributed by atoms with Gasteiger partial charge < -0.3 is 10.6 Å². The Morgan fingerprint density at radius 3 is 2.86 bits per heavy atom. The lowest BCUT2D eigenvalue weighted by molar-refractivity contribution is 0.112. The van der Waals surface area contributed by atoms with Crippen LogP contribution in [0.2, 0.25) is 5.02 Å². The molecule has 28 heavy (non-hydrogen) atoms. The molecule has 2 heterocycles. The van der Waals surface area contributed by atoms with E-state index >= 15 is 0 Å². The molecule has 3 N–H and O–H groups in total. The number of aldehydes is 1. The van der Waals surface area contributed by atoms with E-state index in [1.54, 1.807) is 12.4 Å². The molecule has 0 aliphatic heterocycles. The molecule has 4 rings (SSSR count). The van der Waals surface area contributed by atoms with Gasteiger partial charge in [0.25, 0.3) is 0 Å². The number of carbonyl (C=O) groups excluding carboxylic acids is 1. The zero-order chi connectivity index (χ0) is 19.5. The topological polar surface area (TPSA) is 87.6 Å². The molecule has 0 radical (unpaired) electrons. The summed E-state index contributed by atoms with van der Waals surface area (Å²) >= 11 is 6.44. The monoisotopic (exact) mass is 396 g/mol. The predicted molar refractivity (Wildman–Crippen MR) is 111 cm³/mol. The lowest BCUT2D eigenvalue weighted by Crippen LogP contribution is -2.05. The second-order valence-corrected chi connectivity index (χ2v) is 7.21. The van der Waals surface area contributed by atoms with E-state index in [2.05, 4.69) is 25.9 Å². The van der Waals surface area contributed by atoms with Gasteiger partial charge in [0, 0.05) is 31.0 Å². The van der Waals surface area contributed by atoms with Crippen LogP contribution in [0.5, 0.6) is 0 Å². The van der Waals surface area contributed by atoms with Gasteiger partial charge in [-0.05, 0) is 55.3 Å². The maximum atomic E-state index is 11.8. The third-order valence-electron chi connectivity index (χ3n) is 4.71. The molecule has 7 nitrogen and oxygen atoms in total. The zero-order valence-corrected chi connectivity index (χ0v) is 16.2. The largest absolute Gasteiger partial charge is 0.394 e. The molecule has 1 aliphatic rings. The maximum Gasteiger partial charge on any atom is 0.163 e. The summed E-state index contributed by atoms with van der Waals surface area (Å²) in [6.45, 7) is 0.811. The van der Waals surface area contributed by atoms with Crippen LogP contribution in [0, 0.1) is 5.92 Å². The summed E-state index contributed by atoms with van der Waals surface area (Å²) in [5.41, 5.74) is 3.78. The molecule has 1 aliphatic carbocycles. The molecule has 0 atom stereocenters. The molecule has 0 saturated heterocycles. The summed E-state index contributed by atoms with van der Waals surface area (Å²) in [5.74, 6) is 1.16. The number of carbonyl (C=O) groups is 1. The highest BCUT2D eigenvalue weighted by Gasteiger charge is 2.25. The Hall–Kier alpha value is -3.06. The fourth-order valence-electron chi connectivity index (χ4n) is 3.07. The average Bonchev–Trinajstić information content (AvgIpc) is 3.22. The van der Waals surface area contributed by atoms with Gasteiger partial charge in [-0.3, -0.25) is 14.6 Å². The van der Waals surface area contributed by atoms with Gasteiger partial charge in [-0.15, -0.1) is 0 Å². The minimum atomic E-state index is 0.525. The molecule has 2 aromatic heterocycles. The third-order valence-corrected chi connectivity index (χ3v) is 5.02. The van der Waals surface area contributed by atoms with Crippen molar-refractivity contribution in [1.29, 1.82) is 0 Å². The van der Waals surface area contributed by atoms with Crippen molar-refractivity contribution in [1.82, 2.24) is 25.3 Å². The smallest absolute Gasteiger partial charge is 0.163 e. The van der Waals surface area contributed by atoms with Crippen LogP contribution < -0.4 is 10.6 Å². The van der Waals surface area contributed by atoms with Gasteiger partial charge in [0.15, 0.2) is 12.1 Å². The first-order valence-corrected chi connectivity index (χ1v) is 9.53. The van der Waals surface area contributed by atoms with E-state index in [-0.39, 0.29) is 0 Å². The molecule has 8 heteroatoms. The number of nitrogens with one attached hydrogen (secondary N) is 3. The molecule has 144 valence electrons. The summed E-state index contributed by atoms with van der Waals surface area (Å²) in [7, 11) is 1.82. The van der Waals surface area contributed by atoms with Crippen molar-refractivity contribution in [3.8, 4) is 11.3 Å². The number of benzene rings is 1. The highest BCUT2D eigenvalue weighted by atomic mass is 35.5. The predicted octanol–water partition coefficient (Wildman–Crippen LogP) is 4.08. The van der Waals surface area contributed by atoms with Crippen LogP contribution >= 0.6 is 11.6 Å². The van der Waals surface area contributed by atoms with Crippen molar-refractivity contribution in [3.63, 3.8) is 0 Å². The molecule has 0 unspecified atom stereocenters. The second-order valence-electron chi connectivity index (χ2n) is 6.80. The fraction of sp³-hybridized carbons (Fsp3) is 0.250. The standard InChI is InChI=1S/C20H21ClN6O/c1-22-8-7-19-16(12-28)20(26-27(19)11-13-2-3-13)24-14-4-5-15(17(21)10-14)18-6-9-23-25-18/h4-10,12-13,22H,2-3,11H2,1H3,(H,23,25)(H,24,26)/b8-7-. The number of rotatable bonds is 8. The Morgan fingerprint density at radius 2 is 2.21 bits per heavy atom. The van der Waals surface area contributed by atoms with E-state index in [9.17, 15) is 4.79 Å². The Kier molecular flexibility index (Phi) is 5.16. The van der Waals surface area contributed by atoms with Crippen LogP contribution in [0.4, 0.5) is 11.5 Å². The van der Waals surface area contributed by atoms with Crippen molar-refractivity contribution < 1.29 is 4.79 Å². The second kappa shape index (κ2) is 7.90. The van der Waals surface area contributed by atoms with Gasteiger partial charge in [0.1, 0.15) is 0 Å². The molecule has 3 aromatic rings. The minimum Gasteiger partial charge on any atom is -0.394 e. The summed E-state index contributed by atoms with van der Waals surface area (Å²) in [6, 6.07) is 7.48. The summed E-state index contributed by atoms with van der Waals surface area (Å²) in [6.07, 6.45) is 8.61. The Morgan fingerprint density at radius 1 is 1.36 bits per heavy atom. The number of anilines is 2. The number of hydrogen-bond donors (Lipinski definition) is 3. The number of halogens is 1. The van der Waals surface area contributed by atoms with E-state index in [4.69, 9.17) is 11.6 Å². The van der Waals surface area contributed by atoms with Crippen molar-refractivity contribution in [2.75, 3.05) is 12.4 Å². The molecular formula is C20H21ClN6O. The molecule has 1 saturated carbocycles. The third kappa shape index (κ3) is 3.80.